The van der Waals surface area contributed by atoms with Crippen LogP contribution < -0.4 is 5.32 Å². The lowest BCUT2D eigenvalue weighted by Gasteiger charge is -2.40. The number of nitrogens with one attached hydrogen (secondary N) is 1. The highest BCUT2D eigenvalue weighted by atomic mass is 32.2. The van der Waals surface area contributed by atoms with E-state index in [1.54, 1.807) is 24.2 Å². The Labute approximate surface area is 113 Å². The van der Waals surface area contributed by atoms with Gasteiger partial charge in [-0.15, -0.1) is 0 Å². The lowest BCUT2D eigenvalue weighted by Crippen LogP contribution is -2.52. The smallest absolute Gasteiger partial charge is 0.187 e. The largest absolute Gasteiger partial charge is 0.394 e. The third-order valence-electron chi connectivity index (χ3n) is 3.47. The molecule has 0 aromatic carbocycles. The predicted octanol–water partition coefficient (Wildman–Crippen LogP) is 1.85. The van der Waals surface area contributed by atoms with Crippen LogP contribution in [0.25, 0.3) is 0 Å². The zero-order valence-electron chi connectivity index (χ0n) is 10.8. The molecular formula is C13H21N3OS. The zero-order chi connectivity index (χ0) is 12.8. The first-order chi connectivity index (χ1) is 8.78. The van der Waals surface area contributed by atoms with Crippen molar-refractivity contribution < 1.29 is 5.11 Å². The Balaban J connectivity index is 1.98. The van der Waals surface area contributed by atoms with Gasteiger partial charge in [-0.05, 0) is 31.9 Å². The summed E-state index contributed by atoms with van der Waals surface area (Å²) in [7, 11) is 0. The van der Waals surface area contributed by atoms with Gasteiger partial charge in [-0.3, -0.25) is 0 Å². The van der Waals surface area contributed by atoms with E-state index in [0.717, 1.165) is 31.0 Å². The second-order valence-corrected chi connectivity index (χ2v) is 6.10. The van der Waals surface area contributed by atoms with Gasteiger partial charge in [-0.1, -0.05) is 25.1 Å². The summed E-state index contributed by atoms with van der Waals surface area (Å²) < 4.78 is 0. The fourth-order valence-corrected chi connectivity index (χ4v) is 3.87. The number of likely N-dealkylation sites (N-methyl/N-ethyl adjacent to an activating group) is 1. The van der Waals surface area contributed by atoms with E-state index in [1.807, 2.05) is 6.07 Å². The highest BCUT2D eigenvalue weighted by Gasteiger charge is 2.35. The normalized spacial score (nSPS) is 28.2. The summed E-state index contributed by atoms with van der Waals surface area (Å²) in [5.41, 5.74) is -0.0978. The van der Waals surface area contributed by atoms with E-state index in [4.69, 9.17) is 0 Å². The van der Waals surface area contributed by atoms with Crippen LogP contribution in [0.1, 0.15) is 32.6 Å². The Morgan fingerprint density at radius 2 is 2.28 bits per heavy atom. The van der Waals surface area contributed by atoms with Crippen molar-refractivity contribution in [2.45, 2.75) is 48.6 Å². The standard InChI is InChI=1S/C13H21N3OS/c1-2-16-13(10-17)6-3-5-11(9-13)18-12-14-7-4-8-15-12/h4,7-8,11,16-17H,2-3,5-6,9-10H2,1H3. The molecule has 2 unspecified atom stereocenters. The van der Waals surface area contributed by atoms with E-state index >= 15 is 0 Å². The minimum Gasteiger partial charge on any atom is -0.394 e. The predicted molar refractivity (Wildman–Crippen MR) is 73.6 cm³/mol. The fraction of sp³-hybridized carbons (Fsp3) is 0.692. The van der Waals surface area contributed by atoms with Crippen molar-refractivity contribution >= 4 is 11.8 Å². The number of hydrogen-bond donors (Lipinski definition) is 2. The molecule has 2 rings (SSSR count). The molecule has 5 heteroatoms. The summed E-state index contributed by atoms with van der Waals surface area (Å²) in [5, 5.41) is 14.4. The first kappa shape index (κ1) is 13.8. The van der Waals surface area contributed by atoms with Crippen LogP contribution in [0.15, 0.2) is 23.6 Å². The lowest BCUT2D eigenvalue weighted by atomic mass is 9.82. The minimum atomic E-state index is -0.0978. The monoisotopic (exact) mass is 267 g/mol. The van der Waals surface area contributed by atoms with E-state index in [2.05, 4.69) is 22.2 Å². The molecule has 2 atom stereocenters. The van der Waals surface area contributed by atoms with Crippen molar-refractivity contribution in [3.63, 3.8) is 0 Å². The second-order valence-electron chi connectivity index (χ2n) is 4.84. The van der Waals surface area contributed by atoms with Crippen LogP contribution in [-0.2, 0) is 0 Å². The molecule has 18 heavy (non-hydrogen) atoms. The lowest BCUT2D eigenvalue weighted by molar-refractivity contribution is 0.125. The SMILES string of the molecule is CCNC1(CO)CCCC(Sc2ncccn2)C1. The van der Waals surface area contributed by atoms with Crippen molar-refractivity contribution in [2.24, 2.45) is 0 Å². The fourth-order valence-electron chi connectivity index (χ4n) is 2.64. The minimum absolute atomic E-state index is 0.0978. The van der Waals surface area contributed by atoms with Crippen LogP contribution in [0.4, 0.5) is 0 Å². The second kappa shape index (κ2) is 6.50. The number of aliphatic hydroxyl groups excluding tert-OH is 1. The molecule has 1 aromatic heterocycles. The summed E-state index contributed by atoms with van der Waals surface area (Å²) in [6.07, 6.45) is 7.93. The molecule has 1 fully saturated rings. The van der Waals surface area contributed by atoms with Crippen molar-refractivity contribution in [1.82, 2.24) is 15.3 Å². The molecule has 1 aromatic rings. The maximum absolute atomic E-state index is 9.65. The molecule has 0 bridgehead atoms. The average molecular weight is 267 g/mol. The Bertz CT molecular complexity index is 359. The number of hydrogen-bond acceptors (Lipinski definition) is 5. The van der Waals surface area contributed by atoms with E-state index in [9.17, 15) is 5.11 Å². The van der Waals surface area contributed by atoms with Gasteiger partial charge in [0.1, 0.15) is 0 Å². The van der Waals surface area contributed by atoms with Gasteiger partial charge < -0.3 is 10.4 Å². The van der Waals surface area contributed by atoms with E-state index in [-0.39, 0.29) is 12.1 Å². The molecule has 1 aliphatic carbocycles. The number of thioether (sulfide) groups is 1. The summed E-state index contributed by atoms with van der Waals surface area (Å²) in [4.78, 5) is 8.52. The van der Waals surface area contributed by atoms with Gasteiger partial charge in [0.05, 0.1) is 6.61 Å². The van der Waals surface area contributed by atoms with Crippen LogP contribution in [0.5, 0.6) is 0 Å². The van der Waals surface area contributed by atoms with Gasteiger partial charge in [0.25, 0.3) is 0 Å². The van der Waals surface area contributed by atoms with Crippen molar-refractivity contribution in [1.29, 1.82) is 0 Å². The molecule has 0 radical (unpaired) electrons. The molecule has 0 saturated heterocycles. The Kier molecular flexibility index (Phi) is 4.97. The number of nitrogens with zero attached hydrogens (tertiary/aromatic N) is 2. The number of aliphatic hydroxyl groups is 1. The summed E-state index contributed by atoms with van der Waals surface area (Å²) in [5.74, 6) is 0. The molecule has 1 saturated carbocycles. The van der Waals surface area contributed by atoms with Crippen LogP contribution in [0.2, 0.25) is 0 Å². The van der Waals surface area contributed by atoms with Crippen LogP contribution >= 0.6 is 11.8 Å². The molecule has 0 aliphatic heterocycles. The summed E-state index contributed by atoms with van der Waals surface area (Å²) in [6, 6.07) is 1.83. The van der Waals surface area contributed by atoms with Crippen molar-refractivity contribution in [2.75, 3.05) is 13.2 Å². The third-order valence-corrected chi connectivity index (χ3v) is 4.63. The third kappa shape index (κ3) is 3.43. The molecule has 0 amide bonds. The molecule has 1 aliphatic rings. The topological polar surface area (TPSA) is 58.0 Å². The number of aromatic nitrogens is 2. The van der Waals surface area contributed by atoms with Gasteiger partial charge in [-0.25, -0.2) is 9.97 Å². The zero-order valence-corrected chi connectivity index (χ0v) is 11.6. The molecule has 0 spiro atoms. The van der Waals surface area contributed by atoms with Gasteiger partial charge in [-0.2, -0.15) is 0 Å². The quantitative estimate of drug-likeness (QED) is 0.797. The van der Waals surface area contributed by atoms with Crippen LogP contribution in [0.3, 0.4) is 0 Å². The molecule has 4 nitrogen and oxygen atoms in total. The van der Waals surface area contributed by atoms with Gasteiger partial charge in [0.15, 0.2) is 5.16 Å². The van der Waals surface area contributed by atoms with E-state index in [0.29, 0.717) is 5.25 Å². The van der Waals surface area contributed by atoms with Crippen LogP contribution in [0, 0.1) is 0 Å². The summed E-state index contributed by atoms with van der Waals surface area (Å²) >= 11 is 1.73. The van der Waals surface area contributed by atoms with Gasteiger partial charge in [0, 0.05) is 23.2 Å². The maximum atomic E-state index is 9.65. The molecule has 1 heterocycles. The summed E-state index contributed by atoms with van der Waals surface area (Å²) in [6.45, 7) is 3.21. The maximum Gasteiger partial charge on any atom is 0.187 e. The van der Waals surface area contributed by atoms with E-state index in [1.165, 1.54) is 6.42 Å². The average Bonchev–Trinajstić information content (AvgIpc) is 2.41. The highest BCUT2D eigenvalue weighted by molar-refractivity contribution is 7.99. The van der Waals surface area contributed by atoms with Crippen molar-refractivity contribution in [3.8, 4) is 0 Å². The number of rotatable bonds is 5. The molecule has 100 valence electrons. The molecular weight excluding hydrogens is 246 g/mol. The first-order valence-corrected chi connectivity index (χ1v) is 7.45. The van der Waals surface area contributed by atoms with Crippen LogP contribution in [-0.4, -0.2) is 39.0 Å². The Morgan fingerprint density at radius 1 is 1.50 bits per heavy atom. The Morgan fingerprint density at radius 3 is 2.94 bits per heavy atom. The van der Waals surface area contributed by atoms with Gasteiger partial charge in [0.2, 0.25) is 0 Å². The molecule has 2 N–H and O–H groups in total. The Hall–Kier alpha value is -0.650. The van der Waals surface area contributed by atoms with Gasteiger partial charge >= 0.3 is 0 Å². The highest BCUT2D eigenvalue weighted by Crippen LogP contribution is 2.36. The van der Waals surface area contributed by atoms with Crippen molar-refractivity contribution in [3.05, 3.63) is 18.5 Å². The van der Waals surface area contributed by atoms with E-state index < -0.39 is 0 Å². The first-order valence-electron chi connectivity index (χ1n) is 6.57.